The first-order valence-corrected chi connectivity index (χ1v) is 11.5. The monoisotopic (exact) mass is 432 g/mol. The Balaban J connectivity index is 1.63. The van der Waals surface area contributed by atoms with Gasteiger partial charge in [0.15, 0.2) is 0 Å². The fourth-order valence-electron chi connectivity index (χ4n) is 4.82. The summed E-state index contributed by atoms with van der Waals surface area (Å²) >= 11 is 0. The number of fused-ring (bicyclic) bond motifs is 1. The Hall–Kier alpha value is -3.08. The highest BCUT2D eigenvalue weighted by Crippen LogP contribution is 2.35. The molecular formula is C27H32N2O3. The maximum atomic E-state index is 13.5. The van der Waals surface area contributed by atoms with Crippen LogP contribution in [0.2, 0.25) is 0 Å². The number of aryl methyl sites for hydroxylation is 2. The first-order valence-electron chi connectivity index (χ1n) is 11.5. The van der Waals surface area contributed by atoms with Gasteiger partial charge in [-0.15, -0.1) is 0 Å². The van der Waals surface area contributed by atoms with Gasteiger partial charge in [0.05, 0.1) is 12.5 Å². The highest BCUT2D eigenvalue weighted by Gasteiger charge is 2.31. The average molecular weight is 433 g/mol. The summed E-state index contributed by atoms with van der Waals surface area (Å²) in [5, 5.41) is 1.18. The molecule has 5 nitrogen and oxygen atoms in total. The maximum Gasteiger partial charge on any atom is 0.310 e. The minimum absolute atomic E-state index is 0.0443. The van der Waals surface area contributed by atoms with E-state index in [0.29, 0.717) is 26.1 Å². The van der Waals surface area contributed by atoms with Crippen molar-refractivity contribution in [3.05, 3.63) is 71.4 Å². The summed E-state index contributed by atoms with van der Waals surface area (Å²) in [7, 11) is 2.05. The third-order valence-corrected chi connectivity index (χ3v) is 6.56. The summed E-state index contributed by atoms with van der Waals surface area (Å²) in [5.41, 5.74) is 4.66. The number of carbonyl (C=O) groups excluding carboxylic acids is 2. The molecule has 2 heterocycles. The van der Waals surface area contributed by atoms with Crippen LogP contribution in [0.15, 0.2) is 54.7 Å². The van der Waals surface area contributed by atoms with E-state index in [1.165, 1.54) is 16.5 Å². The van der Waals surface area contributed by atoms with Gasteiger partial charge in [-0.3, -0.25) is 9.59 Å². The van der Waals surface area contributed by atoms with Gasteiger partial charge < -0.3 is 14.2 Å². The summed E-state index contributed by atoms with van der Waals surface area (Å²) in [6, 6.07) is 16.8. The number of aromatic nitrogens is 1. The second-order valence-electron chi connectivity index (χ2n) is 8.81. The lowest BCUT2D eigenvalue weighted by molar-refractivity contribution is -0.151. The number of amides is 1. The molecule has 0 N–H and O–H groups in total. The molecule has 1 aliphatic rings. The number of benzene rings is 2. The average Bonchev–Trinajstić information content (AvgIpc) is 3.15. The van der Waals surface area contributed by atoms with Crippen LogP contribution in [0.3, 0.4) is 0 Å². The topological polar surface area (TPSA) is 51.5 Å². The van der Waals surface area contributed by atoms with E-state index in [1.807, 2.05) is 17.9 Å². The molecule has 0 bridgehead atoms. The molecule has 168 valence electrons. The van der Waals surface area contributed by atoms with Crippen LogP contribution in [0.4, 0.5) is 0 Å². The van der Waals surface area contributed by atoms with Crippen LogP contribution in [0.25, 0.3) is 10.9 Å². The van der Waals surface area contributed by atoms with E-state index < -0.39 is 0 Å². The van der Waals surface area contributed by atoms with E-state index in [4.69, 9.17) is 4.74 Å². The Bertz CT molecular complexity index is 1100. The summed E-state index contributed by atoms with van der Waals surface area (Å²) < 4.78 is 7.34. The zero-order valence-electron chi connectivity index (χ0n) is 19.2. The van der Waals surface area contributed by atoms with E-state index >= 15 is 0 Å². The number of carbonyl (C=O) groups is 2. The van der Waals surface area contributed by atoms with Crippen molar-refractivity contribution in [3.8, 4) is 0 Å². The van der Waals surface area contributed by atoms with Crippen molar-refractivity contribution in [2.24, 2.45) is 13.0 Å². The number of para-hydroxylation sites is 1. The molecule has 0 spiro atoms. The molecule has 1 amide bonds. The molecule has 4 rings (SSSR count). The molecule has 1 aromatic heterocycles. The molecule has 1 fully saturated rings. The van der Waals surface area contributed by atoms with Gasteiger partial charge in [-0.2, -0.15) is 0 Å². The number of ether oxygens (including phenoxy) is 1. The van der Waals surface area contributed by atoms with Crippen molar-refractivity contribution in [1.29, 1.82) is 0 Å². The molecule has 1 saturated heterocycles. The standard InChI is InChI=1S/C27H32N2O3/c1-4-32-27(31)21-8-7-15-29(17-21)26(30)16-23(20-13-11-19(2)12-14-20)24-18-28(3)25-10-6-5-9-22(24)25/h5-6,9-14,18,21,23H,4,7-8,15-17H2,1-3H3/t21-,23-/m1/s1. The third-order valence-electron chi connectivity index (χ3n) is 6.56. The fourth-order valence-corrected chi connectivity index (χ4v) is 4.82. The van der Waals surface area contributed by atoms with Crippen LogP contribution < -0.4 is 0 Å². The van der Waals surface area contributed by atoms with E-state index in [0.717, 1.165) is 23.9 Å². The molecule has 5 heteroatoms. The van der Waals surface area contributed by atoms with Gasteiger partial charge in [-0.05, 0) is 43.9 Å². The van der Waals surface area contributed by atoms with Gasteiger partial charge in [-0.1, -0.05) is 48.0 Å². The predicted molar refractivity (Wildman–Crippen MR) is 126 cm³/mol. The molecule has 32 heavy (non-hydrogen) atoms. The number of hydrogen-bond acceptors (Lipinski definition) is 3. The summed E-state index contributed by atoms with van der Waals surface area (Å²) in [5.74, 6) is -0.355. The van der Waals surface area contributed by atoms with Crippen LogP contribution in [-0.4, -0.2) is 41.0 Å². The van der Waals surface area contributed by atoms with Crippen molar-refractivity contribution >= 4 is 22.8 Å². The second-order valence-corrected chi connectivity index (χ2v) is 8.81. The smallest absolute Gasteiger partial charge is 0.310 e. The SMILES string of the molecule is CCOC(=O)[C@@H]1CCCN(C(=O)C[C@H](c2ccc(C)cc2)c2cn(C)c3ccccc23)C1. The number of nitrogens with zero attached hydrogens (tertiary/aromatic N) is 2. The number of hydrogen-bond donors (Lipinski definition) is 0. The Kier molecular flexibility index (Phi) is 6.63. The largest absolute Gasteiger partial charge is 0.466 e. The van der Waals surface area contributed by atoms with Gasteiger partial charge in [0.25, 0.3) is 0 Å². The molecule has 0 radical (unpaired) electrons. The van der Waals surface area contributed by atoms with Gasteiger partial charge in [0.2, 0.25) is 5.91 Å². The molecule has 2 atom stereocenters. The fraction of sp³-hybridized carbons (Fsp3) is 0.407. The highest BCUT2D eigenvalue weighted by molar-refractivity contribution is 5.87. The molecule has 2 aromatic carbocycles. The molecule has 3 aromatic rings. The normalized spacial score (nSPS) is 17.3. The lowest BCUT2D eigenvalue weighted by Gasteiger charge is -2.32. The number of likely N-dealkylation sites (tertiary alicyclic amines) is 1. The van der Waals surface area contributed by atoms with Crippen LogP contribution in [0.1, 0.15) is 48.8 Å². The van der Waals surface area contributed by atoms with Crippen molar-refractivity contribution in [2.45, 2.75) is 39.0 Å². The van der Waals surface area contributed by atoms with E-state index in [9.17, 15) is 9.59 Å². The Morgan fingerprint density at radius 2 is 1.88 bits per heavy atom. The number of rotatable bonds is 6. The molecule has 0 unspecified atom stereocenters. The quantitative estimate of drug-likeness (QED) is 0.525. The van der Waals surface area contributed by atoms with Crippen LogP contribution >= 0.6 is 0 Å². The minimum atomic E-state index is -0.219. The van der Waals surface area contributed by atoms with Crippen molar-refractivity contribution < 1.29 is 14.3 Å². The molecular weight excluding hydrogens is 400 g/mol. The third kappa shape index (κ3) is 4.57. The number of piperidine rings is 1. The first-order chi connectivity index (χ1) is 15.5. The summed E-state index contributed by atoms with van der Waals surface area (Å²) in [6.45, 7) is 5.42. The highest BCUT2D eigenvalue weighted by atomic mass is 16.5. The zero-order valence-corrected chi connectivity index (χ0v) is 19.2. The van der Waals surface area contributed by atoms with E-state index in [-0.39, 0.29) is 23.7 Å². The van der Waals surface area contributed by atoms with Crippen molar-refractivity contribution in [2.75, 3.05) is 19.7 Å². The van der Waals surface area contributed by atoms with Crippen LogP contribution in [0.5, 0.6) is 0 Å². The van der Waals surface area contributed by atoms with Crippen LogP contribution in [0, 0.1) is 12.8 Å². The van der Waals surface area contributed by atoms with Gasteiger partial charge >= 0.3 is 5.97 Å². The molecule has 1 aliphatic heterocycles. The van der Waals surface area contributed by atoms with Crippen molar-refractivity contribution in [1.82, 2.24) is 9.47 Å². The van der Waals surface area contributed by atoms with E-state index in [1.54, 1.807) is 0 Å². The first kappa shape index (κ1) is 22.1. The van der Waals surface area contributed by atoms with E-state index in [2.05, 4.69) is 67.2 Å². The Morgan fingerprint density at radius 1 is 1.12 bits per heavy atom. The Labute approximate surface area is 190 Å². The zero-order chi connectivity index (χ0) is 22.7. The Morgan fingerprint density at radius 3 is 2.62 bits per heavy atom. The lowest BCUT2D eigenvalue weighted by Crippen LogP contribution is -2.43. The summed E-state index contributed by atoms with van der Waals surface area (Å²) in [6.07, 6.45) is 4.15. The molecule has 0 saturated carbocycles. The van der Waals surface area contributed by atoms with Crippen molar-refractivity contribution in [3.63, 3.8) is 0 Å². The lowest BCUT2D eigenvalue weighted by atomic mass is 9.87. The maximum absolute atomic E-state index is 13.5. The molecule has 0 aliphatic carbocycles. The predicted octanol–water partition coefficient (Wildman–Crippen LogP) is 4.81. The minimum Gasteiger partial charge on any atom is -0.466 e. The van der Waals surface area contributed by atoms with Gasteiger partial charge in [0.1, 0.15) is 0 Å². The second kappa shape index (κ2) is 9.60. The van der Waals surface area contributed by atoms with Crippen LogP contribution in [-0.2, 0) is 21.4 Å². The van der Waals surface area contributed by atoms with Gasteiger partial charge in [0, 0.05) is 49.6 Å². The van der Waals surface area contributed by atoms with Gasteiger partial charge in [-0.25, -0.2) is 0 Å². The number of esters is 1. The summed E-state index contributed by atoms with van der Waals surface area (Å²) in [4.78, 5) is 27.6.